The van der Waals surface area contributed by atoms with Gasteiger partial charge in [0.05, 0.1) is 12.9 Å². The van der Waals surface area contributed by atoms with Crippen molar-refractivity contribution in [3.05, 3.63) is 77.1 Å². The van der Waals surface area contributed by atoms with Crippen molar-refractivity contribution in [2.75, 3.05) is 24.7 Å². The Hall–Kier alpha value is -3.30. The van der Waals surface area contributed by atoms with Gasteiger partial charge in [-0.25, -0.2) is 0 Å². The van der Waals surface area contributed by atoms with Crippen molar-refractivity contribution in [2.45, 2.75) is 25.0 Å². The average molecular weight is 500 g/mol. The number of aromatic nitrogens is 3. The lowest BCUT2D eigenvalue weighted by Crippen LogP contribution is -2.26. The van der Waals surface area contributed by atoms with E-state index < -0.39 is 0 Å². The first-order valence-corrected chi connectivity index (χ1v) is 11.9. The van der Waals surface area contributed by atoms with Crippen LogP contribution in [-0.4, -0.2) is 46.0 Å². The van der Waals surface area contributed by atoms with Crippen LogP contribution in [0.5, 0.6) is 5.75 Å². The lowest BCUT2D eigenvalue weighted by molar-refractivity contribution is -0.113. The highest BCUT2D eigenvalue weighted by molar-refractivity contribution is 7.99. The number of carbonyl (C=O) groups is 2. The molecule has 0 bridgehead atoms. The van der Waals surface area contributed by atoms with Gasteiger partial charge in [-0.1, -0.05) is 35.5 Å². The lowest BCUT2D eigenvalue weighted by atomic mass is 10.2. The molecule has 2 amide bonds. The molecule has 34 heavy (non-hydrogen) atoms. The van der Waals surface area contributed by atoms with Crippen LogP contribution in [0.1, 0.15) is 21.7 Å². The number of hydrogen-bond acceptors (Lipinski definition) is 6. The summed E-state index contributed by atoms with van der Waals surface area (Å²) in [7, 11) is 1.58. The monoisotopic (exact) mass is 499 g/mol. The standard InChI is InChI=1S/C24H26ClN5O3S/c1-4-13-30-21(11-12-26-23(32)17-6-9-19(33-3)10-7-17)28-29-24(30)34-15-22(31)27-18-8-5-16(2)20(25)14-18/h4-10,14H,1,11-13,15H2,2-3H3,(H,26,32)(H,27,31). The van der Waals surface area contributed by atoms with Crippen molar-refractivity contribution in [3.8, 4) is 5.75 Å². The number of hydrogen-bond donors (Lipinski definition) is 2. The Labute approximate surface area is 207 Å². The van der Waals surface area contributed by atoms with Crippen molar-refractivity contribution in [3.63, 3.8) is 0 Å². The second-order valence-corrected chi connectivity index (χ2v) is 8.68. The number of methoxy groups -OCH3 is 1. The zero-order chi connectivity index (χ0) is 24.5. The number of thioether (sulfide) groups is 1. The molecule has 0 aliphatic rings. The normalized spacial score (nSPS) is 10.6. The van der Waals surface area contributed by atoms with E-state index in [1.807, 2.05) is 23.6 Å². The van der Waals surface area contributed by atoms with Crippen LogP contribution in [0.3, 0.4) is 0 Å². The minimum absolute atomic E-state index is 0.162. The third-order valence-corrected chi connectivity index (χ3v) is 6.25. The third kappa shape index (κ3) is 6.85. The largest absolute Gasteiger partial charge is 0.497 e. The molecule has 0 aliphatic carbocycles. The first-order chi connectivity index (χ1) is 16.4. The van der Waals surface area contributed by atoms with Gasteiger partial charge in [-0.3, -0.25) is 9.59 Å². The average Bonchev–Trinajstić information content (AvgIpc) is 3.21. The van der Waals surface area contributed by atoms with Crippen LogP contribution < -0.4 is 15.4 Å². The maximum absolute atomic E-state index is 12.4. The molecule has 0 saturated heterocycles. The number of rotatable bonds is 11. The summed E-state index contributed by atoms with van der Waals surface area (Å²) in [5.74, 6) is 1.19. The summed E-state index contributed by atoms with van der Waals surface area (Å²) in [6.45, 7) is 6.57. The van der Waals surface area contributed by atoms with Gasteiger partial charge in [-0.05, 0) is 48.9 Å². The number of benzene rings is 2. The van der Waals surface area contributed by atoms with Crippen molar-refractivity contribution >= 4 is 40.9 Å². The third-order valence-electron chi connectivity index (χ3n) is 4.88. The first kappa shape index (κ1) is 25.3. The summed E-state index contributed by atoms with van der Waals surface area (Å²) in [6.07, 6.45) is 2.22. The molecule has 8 nitrogen and oxygen atoms in total. The van der Waals surface area contributed by atoms with Gasteiger partial charge >= 0.3 is 0 Å². The minimum atomic E-state index is -0.181. The smallest absolute Gasteiger partial charge is 0.251 e. The van der Waals surface area contributed by atoms with E-state index in [2.05, 4.69) is 27.4 Å². The van der Waals surface area contributed by atoms with Crippen LogP contribution in [0.2, 0.25) is 5.02 Å². The summed E-state index contributed by atoms with van der Waals surface area (Å²) >= 11 is 7.40. The molecular weight excluding hydrogens is 474 g/mol. The Balaban J connectivity index is 1.54. The predicted octanol–water partition coefficient (Wildman–Crippen LogP) is 4.14. The number of carbonyl (C=O) groups excluding carboxylic acids is 2. The fourth-order valence-electron chi connectivity index (χ4n) is 3.05. The maximum Gasteiger partial charge on any atom is 0.251 e. The zero-order valence-electron chi connectivity index (χ0n) is 19.0. The van der Waals surface area contributed by atoms with E-state index in [-0.39, 0.29) is 17.6 Å². The van der Waals surface area contributed by atoms with Crippen molar-refractivity contribution in [2.24, 2.45) is 0 Å². The maximum atomic E-state index is 12.4. The van der Waals surface area contributed by atoms with Gasteiger partial charge < -0.3 is 19.9 Å². The highest BCUT2D eigenvalue weighted by atomic mass is 35.5. The lowest BCUT2D eigenvalue weighted by Gasteiger charge is -2.09. The van der Waals surface area contributed by atoms with Crippen LogP contribution >= 0.6 is 23.4 Å². The molecule has 2 N–H and O–H groups in total. The Morgan fingerprint density at radius 2 is 1.97 bits per heavy atom. The van der Waals surface area contributed by atoms with Gasteiger partial charge in [0, 0.05) is 35.8 Å². The molecule has 0 saturated carbocycles. The molecule has 0 unspecified atom stereocenters. The Kier molecular flexibility index (Phi) is 9.12. The van der Waals surface area contributed by atoms with Gasteiger partial charge in [0.25, 0.3) is 5.91 Å². The second-order valence-electron chi connectivity index (χ2n) is 7.33. The van der Waals surface area contributed by atoms with Crippen molar-refractivity contribution in [1.29, 1.82) is 0 Å². The van der Waals surface area contributed by atoms with Crippen LogP contribution in [-0.2, 0) is 17.8 Å². The van der Waals surface area contributed by atoms with Crippen LogP contribution in [0.25, 0.3) is 0 Å². The Morgan fingerprint density at radius 1 is 1.21 bits per heavy atom. The summed E-state index contributed by atoms with van der Waals surface area (Å²) in [4.78, 5) is 24.7. The number of ether oxygens (including phenoxy) is 1. The molecule has 0 fully saturated rings. The number of amides is 2. The Bertz CT molecular complexity index is 1160. The topological polar surface area (TPSA) is 98.1 Å². The van der Waals surface area contributed by atoms with E-state index >= 15 is 0 Å². The molecule has 0 spiro atoms. The number of aryl methyl sites for hydroxylation is 1. The number of allylic oxidation sites excluding steroid dienone is 1. The van der Waals surface area contributed by atoms with Gasteiger partial charge in [0.15, 0.2) is 5.16 Å². The Morgan fingerprint density at radius 3 is 2.65 bits per heavy atom. The van der Waals surface area contributed by atoms with Crippen LogP contribution in [0, 0.1) is 6.92 Å². The molecular formula is C24H26ClN5O3S. The molecule has 0 aliphatic heterocycles. The van der Waals surface area contributed by atoms with Crippen LogP contribution in [0.4, 0.5) is 5.69 Å². The second kappa shape index (κ2) is 12.2. The quantitative estimate of drug-likeness (QED) is 0.304. The molecule has 10 heteroatoms. The van der Waals surface area contributed by atoms with E-state index in [0.717, 1.165) is 5.56 Å². The van der Waals surface area contributed by atoms with Crippen LogP contribution in [0.15, 0.2) is 60.3 Å². The van der Waals surface area contributed by atoms with E-state index in [9.17, 15) is 9.59 Å². The number of nitrogens with one attached hydrogen (secondary N) is 2. The summed E-state index contributed by atoms with van der Waals surface area (Å²) in [5, 5.41) is 15.4. The fraction of sp³-hybridized carbons (Fsp3) is 0.250. The zero-order valence-corrected chi connectivity index (χ0v) is 20.6. The van der Waals surface area contributed by atoms with Crippen molar-refractivity contribution in [1.82, 2.24) is 20.1 Å². The molecule has 0 atom stereocenters. The molecule has 1 heterocycles. The van der Waals surface area contributed by atoms with Crippen molar-refractivity contribution < 1.29 is 14.3 Å². The fourth-order valence-corrected chi connectivity index (χ4v) is 4.00. The molecule has 2 aromatic carbocycles. The van der Waals surface area contributed by atoms with Gasteiger partial charge in [-0.15, -0.1) is 16.8 Å². The molecule has 3 aromatic rings. The van der Waals surface area contributed by atoms with E-state index in [1.54, 1.807) is 43.5 Å². The molecule has 178 valence electrons. The van der Waals surface area contributed by atoms with Gasteiger partial charge in [0.2, 0.25) is 5.91 Å². The van der Waals surface area contributed by atoms with E-state index in [0.29, 0.717) is 52.5 Å². The number of halogens is 1. The van der Waals surface area contributed by atoms with Gasteiger partial charge in [0.1, 0.15) is 11.6 Å². The highest BCUT2D eigenvalue weighted by Gasteiger charge is 2.14. The first-order valence-electron chi connectivity index (χ1n) is 10.5. The summed E-state index contributed by atoms with van der Waals surface area (Å²) in [6, 6.07) is 12.3. The number of nitrogens with zero attached hydrogens (tertiary/aromatic N) is 3. The highest BCUT2D eigenvalue weighted by Crippen LogP contribution is 2.21. The van der Waals surface area contributed by atoms with E-state index in [4.69, 9.17) is 16.3 Å². The minimum Gasteiger partial charge on any atom is -0.497 e. The molecule has 3 rings (SSSR count). The van der Waals surface area contributed by atoms with Gasteiger partial charge in [-0.2, -0.15) is 0 Å². The van der Waals surface area contributed by atoms with E-state index in [1.165, 1.54) is 11.8 Å². The summed E-state index contributed by atoms with van der Waals surface area (Å²) in [5.41, 5.74) is 2.13. The number of anilines is 1. The molecule has 1 aromatic heterocycles. The SMILES string of the molecule is C=CCn1c(CCNC(=O)c2ccc(OC)cc2)nnc1SCC(=O)Nc1ccc(C)c(Cl)c1. The molecule has 0 radical (unpaired) electrons. The summed E-state index contributed by atoms with van der Waals surface area (Å²) < 4.78 is 6.99. The predicted molar refractivity (Wildman–Crippen MR) is 135 cm³/mol.